The van der Waals surface area contributed by atoms with Gasteiger partial charge in [0.05, 0.1) is 11.1 Å². The quantitative estimate of drug-likeness (QED) is 0.833. The van der Waals surface area contributed by atoms with E-state index in [-0.39, 0.29) is 0 Å². The second-order valence-electron chi connectivity index (χ2n) is 5.39. The zero-order valence-corrected chi connectivity index (χ0v) is 12.9. The van der Waals surface area contributed by atoms with Crippen molar-refractivity contribution in [1.29, 1.82) is 0 Å². The van der Waals surface area contributed by atoms with E-state index in [0.717, 1.165) is 13.0 Å². The van der Waals surface area contributed by atoms with Gasteiger partial charge in [0.15, 0.2) is 0 Å². The highest BCUT2D eigenvalue weighted by atomic mass is 32.1. The Labute approximate surface area is 120 Å². The van der Waals surface area contributed by atoms with Crippen LogP contribution < -0.4 is 5.32 Å². The Morgan fingerprint density at radius 2 is 2.21 bits per heavy atom. The fourth-order valence-electron chi connectivity index (χ4n) is 3.26. The van der Waals surface area contributed by atoms with Crippen LogP contribution in [0.3, 0.4) is 0 Å². The fraction of sp³-hybridized carbons (Fsp3) is 0.800. The van der Waals surface area contributed by atoms with Crippen LogP contribution >= 0.6 is 11.3 Å². The highest BCUT2D eigenvalue weighted by molar-refractivity contribution is 7.09. The summed E-state index contributed by atoms with van der Waals surface area (Å²) < 4.78 is 5.87. The Balaban J connectivity index is 2.01. The van der Waals surface area contributed by atoms with Gasteiger partial charge in [-0.3, -0.25) is 0 Å². The van der Waals surface area contributed by atoms with Crippen LogP contribution in [-0.2, 0) is 11.2 Å². The number of rotatable bonds is 7. The molecule has 1 aromatic heterocycles. The maximum Gasteiger partial charge on any atom is 0.0941 e. The van der Waals surface area contributed by atoms with E-state index in [1.165, 1.54) is 37.1 Å². The first-order valence-corrected chi connectivity index (χ1v) is 8.37. The van der Waals surface area contributed by atoms with Crippen molar-refractivity contribution >= 4 is 11.3 Å². The standard InChI is InChI=1S/C15H26N2OS/c1-3-16-13(11-14-17-9-10-19-14)15(18-2)12-7-5-4-6-8-12/h9-10,12-13,15-16H,3-8,11H2,1-2H3. The maximum absolute atomic E-state index is 5.87. The number of methoxy groups -OCH3 is 1. The first-order valence-electron chi connectivity index (χ1n) is 7.49. The van der Waals surface area contributed by atoms with Gasteiger partial charge in [-0.25, -0.2) is 4.98 Å². The summed E-state index contributed by atoms with van der Waals surface area (Å²) in [6.07, 6.45) is 9.96. The summed E-state index contributed by atoms with van der Waals surface area (Å²) in [5.41, 5.74) is 0. The highest BCUT2D eigenvalue weighted by Crippen LogP contribution is 2.30. The summed E-state index contributed by atoms with van der Waals surface area (Å²) in [6.45, 7) is 3.16. The van der Waals surface area contributed by atoms with Gasteiger partial charge in [0.1, 0.15) is 0 Å². The van der Waals surface area contributed by atoms with E-state index in [1.807, 2.05) is 13.3 Å². The van der Waals surface area contributed by atoms with E-state index < -0.39 is 0 Å². The van der Waals surface area contributed by atoms with Crippen LogP contribution in [0, 0.1) is 5.92 Å². The number of hydrogen-bond donors (Lipinski definition) is 1. The lowest BCUT2D eigenvalue weighted by molar-refractivity contribution is 0.00868. The molecule has 0 spiro atoms. The van der Waals surface area contributed by atoms with E-state index >= 15 is 0 Å². The lowest BCUT2D eigenvalue weighted by Crippen LogP contribution is -2.46. The fourth-order valence-corrected chi connectivity index (χ4v) is 3.93. The van der Waals surface area contributed by atoms with Gasteiger partial charge in [-0.05, 0) is 25.3 Å². The SMILES string of the molecule is CCNC(Cc1nccs1)C(OC)C1CCCCC1. The molecule has 0 aliphatic heterocycles. The van der Waals surface area contributed by atoms with Gasteiger partial charge in [0.2, 0.25) is 0 Å². The predicted octanol–water partition coefficient (Wildman–Crippen LogP) is 3.26. The second-order valence-corrected chi connectivity index (χ2v) is 6.37. The molecule has 0 aromatic carbocycles. The molecule has 0 saturated heterocycles. The van der Waals surface area contributed by atoms with Crippen molar-refractivity contribution < 1.29 is 4.74 Å². The predicted molar refractivity (Wildman–Crippen MR) is 80.7 cm³/mol. The summed E-state index contributed by atoms with van der Waals surface area (Å²) in [5.74, 6) is 0.711. The molecule has 1 aliphatic carbocycles. The third kappa shape index (κ3) is 4.26. The van der Waals surface area contributed by atoms with Crippen LogP contribution in [0.2, 0.25) is 0 Å². The summed E-state index contributed by atoms with van der Waals surface area (Å²) in [4.78, 5) is 4.42. The van der Waals surface area contributed by atoms with Gasteiger partial charge < -0.3 is 10.1 Å². The van der Waals surface area contributed by atoms with Crippen molar-refractivity contribution in [3.05, 3.63) is 16.6 Å². The molecule has 1 heterocycles. The van der Waals surface area contributed by atoms with E-state index in [1.54, 1.807) is 11.3 Å². The van der Waals surface area contributed by atoms with Gasteiger partial charge in [-0.2, -0.15) is 0 Å². The summed E-state index contributed by atoms with van der Waals surface area (Å²) in [7, 11) is 1.87. The third-order valence-corrected chi connectivity index (χ3v) is 4.93. The molecule has 1 fully saturated rings. The molecule has 19 heavy (non-hydrogen) atoms. The van der Waals surface area contributed by atoms with Crippen LogP contribution in [0.4, 0.5) is 0 Å². The minimum absolute atomic E-state index is 0.323. The van der Waals surface area contributed by atoms with Crippen molar-refractivity contribution in [2.75, 3.05) is 13.7 Å². The first kappa shape index (κ1) is 14.9. The van der Waals surface area contributed by atoms with Gasteiger partial charge in [-0.15, -0.1) is 11.3 Å². The molecule has 0 bridgehead atoms. The Morgan fingerprint density at radius 1 is 1.42 bits per heavy atom. The van der Waals surface area contributed by atoms with Crippen molar-refractivity contribution in [3.63, 3.8) is 0 Å². The molecular formula is C15H26N2OS. The van der Waals surface area contributed by atoms with E-state index in [9.17, 15) is 0 Å². The first-order chi connectivity index (χ1) is 9.35. The molecule has 4 heteroatoms. The van der Waals surface area contributed by atoms with Crippen molar-refractivity contribution in [3.8, 4) is 0 Å². The summed E-state index contributed by atoms with van der Waals surface area (Å²) >= 11 is 1.74. The molecule has 2 unspecified atom stereocenters. The molecule has 1 aromatic rings. The minimum atomic E-state index is 0.323. The number of ether oxygens (including phenoxy) is 1. The van der Waals surface area contributed by atoms with E-state index in [2.05, 4.69) is 22.6 Å². The van der Waals surface area contributed by atoms with Crippen LogP contribution in [0.25, 0.3) is 0 Å². The molecule has 3 nitrogen and oxygen atoms in total. The molecule has 0 radical (unpaired) electrons. The maximum atomic E-state index is 5.87. The molecular weight excluding hydrogens is 256 g/mol. The van der Waals surface area contributed by atoms with Crippen LogP contribution in [0.5, 0.6) is 0 Å². The average Bonchev–Trinajstić information content (AvgIpc) is 2.94. The Kier molecular flexibility index (Phi) is 6.28. The lowest BCUT2D eigenvalue weighted by Gasteiger charge is -2.35. The van der Waals surface area contributed by atoms with Crippen molar-refractivity contribution in [1.82, 2.24) is 10.3 Å². The number of aromatic nitrogens is 1. The molecule has 108 valence electrons. The molecule has 1 saturated carbocycles. The highest BCUT2D eigenvalue weighted by Gasteiger charge is 2.30. The smallest absolute Gasteiger partial charge is 0.0941 e. The number of hydrogen-bond acceptors (Lipinski definition) is 4. The van der Waals surface area contributed by atoms with E-state index in [4.69, 9.17) is 4.74 Å². The van der Waals surface area contributed by atoms with E-state index in [0.29, 0.717) is 18.1 Å². The van der Waals surface area contributed by atoms with Gasteiger partial charge in [-0.1, -0.05) is 26.2 Å². The Hall–Kier alpha value is -0.450. The lowest BCUT2D eigenvalue weighted by atomic mass is 9.82. The number of nitrogens with zero attached hydrogens (tertiary/aromatic N) is 1. The normalized spacial score (nSPS) is 20.3. The molecule has 2 atom stereocenters. The Bertz CT molecular complexity index is 336. The van der Waals surface area contributed by atoms with Crippen LogP contribution in [0.15, 0.2) is 11.6 Å². The van der Waals surface area contributed by atoms with Gasteiger partial charge >= 0.3 is 0 Å². The molecule has 2 rings (SSSR count). The molecule has 1 N–H and O–H groups in total. The van der Waals surface area contributed by atoms with Gasteiger partial charge in [0, 0.05) is 31.1 Å². The largest absolute Gasteiger partial charge is 0.380 e. The van der Waals surface area contributed by atoms with Gasteiger partial charge in [0.25, 0.3) is 0 Å². The third-order valence-electron chi connectivity index (χ3n) is 4.13. The Morgan fingerprint density at radius 3 is 2.79 bits per heavy atom. The van der Waals surface area contributed by atoms with Crippen molar-refractivity contribution in [2.45, 2.75) is 57.6 Å². The summed E-state index contributed by atoms with van der Waals surface area (Å²) in [5, 5.41) is 6.88. The monoisotopic (exact) mass is 282 g/mol. The zero-order valence-electron chi connectivity index (χ0n) is 12.1. The second kappa shape index (κ2) is 7.98. The topological polar surface area (TPSA) is 34.2 Å². The zero-order chi connectivity index (χ0) is 13.5. The number of nitrogens with one attached hydrogen (secondary N) is 1. The van der Waals surface area contributed by atoms with Crippen LogP contribution in [-0.4, -0.2) is 30.8 Å². The van der Waals surface area contributed by atoms with Crippen LogP contribution in [0.1, 0.15) is 44.0 Å². The number of likely N-dealkylation sites (N-methyl/N-ethyl adjacent to an activating group) is 1. The molecule has 0 amide bonds. The average molecular weight is 282 g/mol. The number of thiazole rings is 1. The van der Waals surface area contributed by atoms with Crippen molar-refractivity contribution in [2.24, 2.45) is 5.92 Å². The molecule has 1 aliphatic rings. The summed E-state index contributed by atoms with van der Waals surface area (Å²) in [6, 6.07) is 0.393. The minimum Gasteiger partial charge on any atom is -0.380 e.